The van der Waals surface area contributed by atoms with Crippen molar-refractivity contribution in [2.75, 3.05) is 18.9 Å². The Kier molecular flexibility index (Phi) is 5.07. The second-order valence-corrected chi connectivity index (χ2v) is 7.07. The number of aliphatic imine (C=N–C) groups is 1. The molecule has 1 N–H and O–H groups in total. The minimum Gasteiger partial charge on any atom is -0.493 e. The number of hydrogen-bond donors (Lipinski definition) is 1. The molecule has 0 spiro atoms. The van der Waals surface area contributed by atoms with Gasteiger partial charge >= 0.3 is 0 Å². The number of nitrogens with one attached hydrogen (secondary N) is 1. The second-order valence-electron chi connectivity index (χ2n) is 5.99. The van der Waals surface area contributed by atoms with E-state index in [0.717, 1.165) is 34.5 Å². The molecule has 2 aromatic carbocycles. The van der Waals surface area contributed by atoms with Crippen LogP contribution in [0.25, 0.3) is 22.2 Å². The Hall–Kier alpha value is -2.86. The van der Waals surface area contributed by atoms with Crippen molar-refractivity contribution in [1.82, 2.24) is 10.3 Å². The molecule has 4 rings (SSSR count). The van der Waals surface area contributed by atoms with Crippen LogP contribution < -0.4 is 10.1 Å². The second kappa shape index (κ2) is 7.80. The minimum absolute atomic E-state index is 0.170. The lowest BCUT2D eigenvalue weighted by molar-refractivity contribution is 0.0979. The van der Waals surface area contributed by atoms with E-state index >= 15 is 0 Å². The number of amidine groups is 1. The van der Waals surface area contributed by atoms with Gasteiger partial charge < -0.3 is 10.1 Å². The first-order valence-corrected chi connectivity index (χ1v) is 9.85. The largest absolute Gasteiger partial charge is 0.493 e. The molecule has 136 valence electrons. The van der Waals surface area contributed by atoms with Crippen LogP contribution in [0.15, 0.2) is 59.6 Å². The molecule has 2 heterocycles. The van der Waals surface area contributed by atoms with E-state index in [1.165, 1.54) is 0 Å². The van der Waals surface area contributed by atoms with Crippen molar-refractivity contribution in [3.05, 3.63) is 60.2 Å². The van der Waals surface area contributed by atoms with Gasteiger partial charge in [0.05, 0.1) is 29.9 Å². The van der Waals surface area contributed by atoms with Crippen molar-refractivity contribution in [2.45, 2.75) is 6.92 Å². The van der Waals surface area contributed by atoms with Crippen LogP contribution in [0, 0.1) is 0 Å². The number of carbonyl (C=O) groups excluding carboxylic acids is 1. The Bertz CT molecular complexity index is 1030. The number of carbonyl (C=O) groups is 1. The van der Waals surface area contributed by atoms with Crippen LogP contribution in [-0.2, 0) is 0 Å². The molecule has 0 aliphatic carbocycles. The lowest BCUT2D eigenvalue weighted by atomic mass is 10.0. The highest BCUT2D eigenvalue weighted by Crippen LogP contribution is 2.31. The summed E-state index contributed by atoms with van der Waals surface area (Å²) in [6, 6.07) is 17.2. The van der Waals surface area contributed by atoms with E-state index in [-0.39, 0.29) is 5.91 Å². The van der Waals surface area contributed by atoms with Crippen LogP contribution in [0.2, 0.25) is 0 Å². The third-order valence-corrected chi connectivity index (χ3v) is 5.12. The van der Waals surface area contributed by atoms with Crippen molar-refractivity contribution in [1.29, 1.82) is 0 Å². The Morgan fingerprint density at radius 1 is 1.19 bits per heavy atom. The number of hydrogen-bond acceptors (Lipinski definition) is 5. The fourth-order valence-electron chi connectivity index (χ4n) is 3.04. The van der Waals surface area contributed by atoms with E-state index in [4.69, 9.17) is 9.72 Å². The molecule has 0 unspecified atom stereocenters. The molecule has 0 bridgehead atoms. The van der Waals surface area contributed by atoms with Gasteiger partial charge in [0.2, 0.25) is 0 Å². The zero-order valence-electron chi connectivity index (χ0n) is 14.9. The topological polar surface area (TPSA) is 63.6 Å². The minimum atomic E-state index is -0.170. The van der Waals surface area contributed by atoms with Crippen LogP contribution in [0.4, 0.5) is 0 Å². The number of amides is 1. The molecular formula is C21H19N3O2S. The Morgan fingerprint density at radius 2 is 2.00 bits per heavy atom. The average Bonchev–Trinajstić information content (AvgIpc) is 3.21. The van der Waals surface area contributed by atoms with Crippen molar-refractivity contribution < 1.29 is 9.53 Å². The maximum atomic E-state index is 12.9. The third-order valence-electron chi connectivity index (χ3n) is 4.23. The van der Waals surface area contributed by atoms with Crippen molar-refractivity contribution in [2.24, 2.45) is 4.99 Å². The Balaban J connectivity index is 1.82. The van der Waals surface area contributed by atoms with Crippen molar-refractivity contribution in [3.63, 3.8) is 0 Å². The average molecular weight is 377 g/mol. The summed E-state index contributed by atoms with van der Waals surface area (Å²) in [5.74, 6) is 1.49. The lowest BCUT2D eigenvalue weighted by Crippen LogP contribution is -2.27. The van der Waals surface area contributed by atoms with Crippen LogP contribution in [0.5, 0.6) is 5.75 Å². The number of benzene rings is 2. The smallest absolute Gasteiger partial charge is 0.257 e. The van der Waals surface area contributed by atoms with Crippen LogP contribution in [-0.4, -0.2) is 35.0 Å². The fourth-order valence-corrected chi connectivity index (χ4v) is 3.76. The maximum absolute atomic E-state index is 12.9. The zero-order valence-corrected chi connectivity index (χ0v) is 15.8. The predicted molar refractivity (Wildman–Crippen MR) is 111 cm³/mol. The highest BCUT2D eigenvalue weighted by molar-refractivity contribution is 8.14. The van der Waals surface area contributed by atoms with Gasteiger partial charge in [-0.1, -0.05) is 42.1 Å². The predicted octanol–water partition coefficient (Wildman–Crippen LogP) is 4.13. The summed E-state index contributed by atoms with van der Waals surface area (Å²) in [4.78, 5) is 22.0. The molecule has 0 saturated heterocycles. The van der Waals surface area contributed by atoms with Crippen LogP contribution in [0.3, 0.4) is 0 Å². The number of ether oxygens (including phenoxy) is 1. The standard InChI is InChI=1S/C21H19N3O2S/c1-2-26-19-10-6-4-8-15(19)18-13-16(14-7-3-5-9-17(14)23-18)20(25)24-21-22-11-12-27-21/h3-10,13H,2,11-12H2,1H3,(H,22,24,25). The number of fused-ring (bicyclic) bond motifs is 1. The molecule has 0 fully saturated rings. The summed E-state index contributed by atoms with van der Waals surface area (Å²) >= 11 is 1.56. The van der Waals surface area contributed by atoms with E-state index in [9.17, 15) is 4.79 Å². The molecule has 0 radical (unpaired) electrons. The summed E-state index contributed by atoms with van der Waals surface area (Å²) in [5.41, 5.74) is 2.93. The highest BCUT2D eigenvalue weighted by Gasteiger charge is 2.18. The van der Waals surface area contributed by atoms with Gasteiger partial charge in [0.25, 0.3) is 5.91 Å². The van der Waals surface area contributed by atoms with Gasteiger partial charge in [0.1, 0.15) is 5.75 Å². The number of para-hydroxylation sites is 2. The van der Waals surface area contributed by atoms with Gasteiger partial charge in [-0.05, 0) is 31.2 Å². The summed E-state index contributed by atoms with van der Waals surface area (Å²) in [6.45, 7) is 3.25. The van der Waals surface area contributed by atoms with Gasteiger partial charge in [0.15, 0.2) is 5.17 Å². The number of pyridine rings is 1. The quantitative estimate of drug-likeness (QED) is 0.742. The van der Waals surface area contributed by atoms with Crippen LogP contribution in [0.1, 0.15) is 17.3 Å². The normalized spacial score (nSPS) is 13.4. The maximum Gasteiger partial charge on any atom is 0.257 e. The molecule has 6 heteroatoms. The van der Waals surface area contributed by atoms with E-state index in [1.54, 1.807) is 11.8 Å². The van der Waals surface area contributed by atoms with Gasteiger partial charge in [-0.2, -0.15) is 0 Å². The molecule has 27 heavy (non-hydrogen) atoms. The molecule has 1 amide bonds. The first-order chi connectivity index (χ1) is 13.3. The molecule has 1 aromatic heterocycles. The summed E-state index contributed by atoms with van der Waals surface area (Å²) < 4.78 is 5.75. The number of aromatic nitrogens is 1. The van der Waals surface area contributed by atoms with Crippen molar-refractivity contribution >= 4 is 33.7 Å². The molecule has 5 nitrogen and oxygen atoms in total. The van der Waals surface area contributed by atoms with Gasteiger partial charge in [-0.3, -0.25) is 9.79 Å². The zero-order chi connectivity index (χ0) is 18.6. The van der Waals surface area contributed by atoms with Crippen LogP contribution >= 0.6 is 11.8 Å². The SMILES string of the molecule is CCOc1ccccc1-c1cc(C(=O)NC2=NCCS2)c2ccccc2n1. The Labute approximate surface area is 161 Å². The van der Waals surface area contributed by atoms with E-state index in [2.05, 4.69) is 10.3 Å². The summed E-state index contributed by atoms with van der Waals surface area (Å²) in [6.07, 6.45) is 0. The van der Waals surface area contributed by atoms with E-state index in [1.807, 2.05) is 61.5 Å². The summed E-state index contributed by atoms with van der Waals surface area (Å²) in [5, 5.41) is 4.41. The number of nitrogens with zero attached hydrogens (tertiary/aromatic N) is 2. The van der Waals surface area contributed by atoms with Gasteiger partial charge in [0, 0.05) is 16.7 Å². The highest BCUT2D eigenvalue weighted by atomic mass is 32.2. The number of thioether (sulfide) groups is 1. The van der Waals surface area contributed by atoms with E-state index < -0.39 is 0 Å². The first-order valence-electron chi connectivity index (χ1n) is 8.87. The molecule has 3 aromatic rings. The molecule has 1 aliphatic rings. The molecule has 1 aliphatic heterocycles. The molecule has 0 atom stereocenters. The first kappa shape index (κ1) is 17.5. The van der Waals surface area contributed by atoms with Gasteiger partial charge in [-0.15, -0.1) is 0 Å². The number of rotatable bonds is 4. The van der Waals surface area contributed by atoms with Crippen molar-refractivity contribution in [3.8, 4) is 17.0 Å². The summed E-state index contributed by atoms with van der Waals surface area (Å²) in [7, 11) is 0. The molecule has 0 saturated carbocycles. The lowest BCUT2D eigenvalue weighted by Gasteiger charge is -2.13. The van der Waals surface area contributed by atoms with Gasteiger partial charge in [-0.25, -0.2) is 4.98 Å². The van der Waals surface area contributed by atoms with E-state index in [0.29, 0.717) is 23.0 Å². The monoisotopic (exact) mass is 377 g/mol. The molecular weight excluding hydrogens is 358 g/mol. The Morgan fingerprint density at radius 3 is 2.81 bits per heavy atom. The fraction of sp³-hybridized carbons (Fsp3) is 0.190. The third kappa shape index (κ3) is 3.66.